The monoisotopic (exact) mass is 666 g/mol. The highest BCUT2D eigenvalue weighted by Crippen LogP contribution is 2.45. The third kappa shape index (κ3) is 4.22. The molecule has 0 radical (unpaired) electrons. The molecule has 3 aromatic heterocycles. The predicted octanol–water partition coefficient (Wildman–Crippen LogP) is 13.6. The summed E-state index contributed by atoms with van der Waals surface area (Å²) in [6.45, 7) is 0. The van der Waals surface area contributed by atoms with Crippen molar-refractivity contribution in [2.45, 2.75) is 0 Å². The van der Waals surface area contributed by atoms with Crippen molar-refractivity contribution in [2.24, 2.45) is 0 Å². The van der Waals surface area contributed by atoms with Crippen LogP contribution in [0, 0.1) is 0 Å². The Kier molecular flexibility index (Phi) is 6.16. The van der Waals surface area contributed by atoms with Gasteiger partial charge >= 0.3 is 0 Å². The first-order valence-corrected chi connectivity index (χ1v) is 18.3. The van der Waals surface area contributed by atoms with E-state index in [4.69, 9.17) is 0 Å². The van der Waals surface area contributed by atoms with Crippen LogP contribution in [0.3, 0.4) is 0 Å². The highest BCUT2D eigenvalue weighted by atomic mass is 32.1. The molecule has 238 valence electrons. The van der Waals surface area contributed by atoms with E-state index in [1.54, 1.807) is 0 Å². The van der Waals surface area contributed by atoms with Crippen molar-refractivity contribution in [1.29, 1.82) is 0 Å². The molecule has 0 aliphatic rings. The van der Waals surface area contributed by atoms with Crippen molar-refractivity contribution in [2.75, 3.05) is 0 Å². The third-order valence-electron chi connectivity index (χ3n) is 10.5. The van der Waals surface area contributed by atoms with Crippen molar-refractivity contribution < 1.29 is 0 Å². The van der Waals surface area contributed by atoms with Crippen LogP contribution in [0.5, 0.6) is 0 Å². The summed E-state index contributed by atoms with van der Waals surface area (Å²) in [5, 5.41) is 7.67. The number of hydrogen-bond donors (Lipinski definition) is 0. The number of aromatic nitrogens is 2. The van der Waals surface area contributed by atoms with Crippen molar-refractivity contribution in [3.63, 3.8) is 0 Å². The van der Waals surface area contributed by atoms with Gasteiger partial charge in [-0.2, -0.15) is 0 Å². The van der Waals surface area contributed by atoms with Crippen LogP contribution in [0.2, 0.25) is 0 Å². The van der Waals surface area contributed by atoms with Gasteiger partial charge in [-0.25, -0.2) is 0 Å². The highest BCUT2D eigenvalue weighted by molar-refractivity contribution is 7.26. The lowest BCUT2D eigenvalue weighted by atomic mass is 9.97. The molecule has 11 rings (SSSR count). The van der Waals surface area contributed by atoms with E-state index in [1.807, 2.05) is 11.3 Å². The Bertz CT molecular complexity index is 3130. The van der Waals surface area contributed by atoms with Crippen molar-refractivity contribution >= 4 is 75.1 Å². The van der Waals surface area contributed by atoms with Crippen LogP contribution in [0.15, 0.2) is 182 Å². The van der Waals surface area contributed by atoms with Gasteiger partial charge in [0.05, 0.1) is 27.8 Å². The maximum atomic E-state index is 2.49. The molecular weight excluding hydrogens is 637 g/mol. The zero-order chi connectivity index (χ0) is 33.5. The van der Waals surface area contributed by atoms with Crippen LogP contribution in [-0.4, -0.2) is 9.13 Å². The molecule has 0 saturated carbocycles. The minimum Gasteiger partial charge on any atom is -0.309 e. The first-order chi connectivity index (χ1) is 25.3. The quantitative estimate of drug-likeness (QED) is 0.177. The Hall–Kier alpha value is -6.42. The number of nitrogens with zero attached hydrogens (tertiary/aromatic N) is 2. The maximum Gasteiger partial charge on any atom is 0.0547 e. The van der Waals surface area contributed by atoms with Crippen LogP contribution < -0.4 is 0 Å². The summed E-state index contributed by atoms with van der Waals surface area (Å²) >= 11 is 1.87. The van der Waals surface area contributed by atoms with Gasteiger partial charge in [-0.05, 0) is 83.4 Å². The summed E-state index contributed by atoms with van der Waals surface area (Å²) in [5.41, 5.74) is 12.2. The molecule has 0 N–H and O–H groups in total. The number of rotatable bonds is 4. The standard InChI is InChI=1S/C48H30N2S/c1-3-13-31(14-4-1)47-44(27-28-46-48(47)37-19-9-12-22-45(37)51-46)50-41-21-11-8-18-36(41)39-30-33(24-26-43(39)50)32-23-25-42-38(29-32)35-17-7-10-20-40(35)49(42)34-15-5-2-6-16-34/h1-30H. The average Bonchev–Trinajstić information content (AvgIpc) is 3.85. The zero-order valence-electron chi connectivity index (χ0n) is 27.6. The van der Waals surface area contributed by atoms with Crippen LogP contribution in [-0.2, 0) is 0 Å². The molecule has 0 saturated heterocycles. The Morgan fingerprint density at radius 3 is 1.55 bits per heavy atom. The van der Waals surface area contributed by atoms with E-state index in [9.17, 15) is 0 Å². The summed E-state index contributed by atoms with van der Waals surface area (Å²) in [4.78, 5) is 0. The van der Waals surface area contributed by atoms with E-state index in [0.29, 0.717) is 0 Å². The van der Waals surface area contributed by atoms with Crippen LogP contribution in [0.1, 0.15) is 0 Å². The molecule has 0 bridgehead atoms. The molecule has 11 aromatic rings. The number of para-hydroxylation sites is 3. The van der Waals surface area contributed by atoms with E-state index in [-0.39, 0.29) is 0 Å². The van der Waals surface area contributed by atoms with Crippen LogP contribution >= 0.6 is 11.3 Å². The normalized spacial score (nSPS) is 11.9. The SMILES string of the molecule is c1ccc(-c2c(-n3c4ccccc4c4cc(-c5ccc6c(c5)c5ccccc5n6-c5ccccc5)ccc43)ccc3sc4ccccc4c23)cc1. The van der Waals surface area contributed by atoms with Crippen molar-refractivity contribution in [1.82, 2.24) is 9.13 Å². The minimum atomic E-state index is 1.18. The molecule has 3 heterocycles. The van der Waals surface area contributed by atoms with Gasteiger partial charge in [0.25, 0.3) is 0 Å². The fourth-order valence-electron chi connectivity index (χ4n) is 8.31. The van der Waals surface area contributed by atoms with Gasteiger partial charge in [0, 0.05) is 53.0 Å². The van der Waals surface area contributed by atoms with Crippen molar-refractivity contribution in [3.8, 4) is 33.6 Å². The number of fused-ring (bicyclic) bond motifs is 9. The smallest absolute Gasteiger partial charge is 0.0547 e. The van der Waals surface area contributed by atoms with Gasteiger partial charge in [-0.3, -0.25) is 0 Å². The molecule has 51 heavy (non-hydrogen) atoms. The Labute approximate surface area is 298 Å². The summed E-state index contributed by atoms with van der Waals surface area (Å²) in [7, 11) is 0. The van der Waals surface area contributed by atoms with E-state index in [2.05, 4.69) is 191 Å². The number of benzene rings is 8. The highest BCUT2D eigenvalue weighted by Gasteiger charge is 2.21. The van der Waals surface area contributed by atoms with E-state index < -0.39 is 0 Å². The molecule has 0 amide bonds. The predicted molar refractivity (Wildman–Crippen MR) is 219 cm³/mol. The molecule has 0 atom stereocenters. The molecule has 8 aromatic carbocycles. The molecular formula is C48H30N2S. The molecule has 0 aliphatic carbocycles. The van der Waals surface area contributed by atoms with E-state index in [1.165, 1.54) is 97.4 Å². The number of thiophene rings is 1. The molecule has 0 fully saturated rings. The molecule has 0 unspecified atom stereocenters. The summed E-state index contributed by atoms with van der Waals surface area (Å²) in [6.07, 6.45) is 0. The molecule has 3 heteroatoms. The first kappa shape index (κ1) is 28.4. The van der Waals surface area contributed by atoms with Gasteiger partial charge in [0.2, 0.25) is 0 Å². The topological polar surface area (TPSA) is 9.86 Å². The zero-order valence-corrected chi connectivity index (χ0v) is 28.4. The molecule has 2 nitrogen and oxygen atoms in total. The average molecular weight is 667 g/mol. The first-order valence-electron chi connectivity index (χ1n) is 17.4. The Morgan fingerprint density at radius 2 is 0.863 bits per heavy atom. The number of hydrogen-bond acceptors (Lipinski definition) is 1. The summed E-state index contributed by atoms with van der Waals surface area (Å²) < 4.78 is 7.49. The van der Waals surface area contributed by atoms with E-state index in [0.717, 1.165) is 0 Å². The lowest BCUT2D eigenvalue weighted by Gasteiger charge is -2.16. The fraction of sp³-hybridized carbons (Fsp3) is 0. The summed E-state index contributed by atoms with van der Waals surface area (Å²) in [5.74, 6) is 0. The molecule has 0 spiro atoms. The van der Waals surface area contributed by atoms with Crippen molar-refractivity contribution in [3.05, 3.63) is 182 Å². The summed E-state index contributed by atoms with van der Waals surface area (Å²) in [6, 6.07) is 66.6. The second-order valence-corrected chi connectivity index (χ2v) is 14.4. The Balaban J connectivity index is 1.16. The second-order valence-electron chi connectivity index (χ2n) is 13.3. The lowest BCUT2D eigenvalue weighted by molar-refractivity contribution is 1.18. The van der Waals surface area contributed by atoms with Gasteiger partial charge in [-0.15, -0.1) is 11.3 Å². The fourth-order valence-corrected chi connectivity index (χ4v) is 9.42. The molecule has 0 aliphatic heterocycles. The third-order valence-corrected chi connectivity index (χ3v) is 11.7. The second kappa shape index (κ2) is 11.0. The largest absolute Gasteiger partial charge is 0.309 e. The maximum absolute atomic E-state index is 2.49. The minimum absolute atomic E-state index is 1.18. The van der Waals surface area contributed by atoms with Crippen LogP contribution in [0.4, 0.5) is 0 Å². The van der Waals surface area contributed by atoms with Crippen LogP contribution in [0.25, 0.3) is 97.4 Å². The Morgan fingerprint density at radius 1 is 0.333 bits per heavy atom. The van der Waals surface area contributed by atoms with Gasteiger partial charge in [0.15, 0.2) is 0 Å². The van der Waals surface area contributed by atoms with Gasteiger partial charge in [0.1, 0.15) is 0 Å². The van der Waals surface area contributed by atoms with E-state index >= 15 is 0 Å². The van der Waals surface area contributed by atoms with Gasteiger partial charge < -0.3 is 9.13 Å². The lowest BCUT2D eigenvalue weighted by Crippen LogP contribution is -1.97. The van der Waals surface area contributed by atoms with Gasteiger partial charge in [-0.1, -0.05) is 115 Å².